The third-order valence-corrected chi connectivity index (χ3v) is 4.90. The predicted octanol–water partition coefficient (Wildman–Crippen LogP) is 1.31. The molecule has 0 aliphatic carbocycles. The molecule has 2 aliphatic heterocycles. The van der Waals surface area contributed by atoms with Crippen molar-refractivity contribution < 1.29 is 9.53 Å². The summed E-state index contributed by atoms with van der Waals surface area (Å²) in [4.78, 5) is 20.8. The lowest BCUT2D eigenvalue weighted by atomic mass is 10.1. The molecule has 6 heteroatoms. The Balaban J connectivity index is 1.45. The van der Waals surface area contributed by atoms with E-state index in [2.05, 4.69) is 9.88 Å². The number of piperidine rings is 1. The Kier molecular flexibility index (Phi) is 6.04. The number of anilines is 1. The number of pyridine rings is 1. The summed E-state index contributed by atoms with van der Waals surface area (Å²) >= 11 is 0. The SMILES string of the molecule is Nc1cc(CCC2CN(C(=O)CN3CCCCC3)CCO2)ccn1. The molecule has 1 aromatic heterocycles. The summed E-state index contributed by atoms with van der Waals surface area (Å²) in [5.74, 6) is 0.800. The normalized spacial score (nSPS) is 22.5. The zero-order valence-electron chi connectivity index (χ0n) is 14.3. The van der Waals surface area contributed by atoms with Crippen molar-refractivity contribution in [3.63, 3.8) is 0 Å². The van der Waals surface area contributed by atoms with Gasteiger partial charge in [0.1, 0.15) is 5.82 Å². The van der Waals surface area contributed by atoms with Crippen LogP contribution in [0.3, 0.4) is 0 Å². The summed E-state index contributed by atoms with van der Waals surface area (Å²) in [6.45, 7) is 4.73. The summed E-state index contributed by atoms with van der Waals surface area (Å²) in [5.41, 5.74) is 6.89. The molecule has 0 saturated carbocycles. The fourth-order valence-electron chi connectivity index (χ4n) is 3.51. The molecule has 132 valence electrons. The van der Waals surface area contributed by atoms with Gasteiger partial charge in [0.2, 0.25) is 5.91 Å². The summed E-state index contributed by atoms with van der Waals surface area (Å²) in [7, 11) is 0. The van der Waals surface area contributed by atoms with Gasteiger partial charge in [-0.15, -0.1) is 0 Å². The van der Waals surface area contributed by atoms with Gasteiger partial charge in [-0.1, -0.05) is 6.42 Å². The number of carbonyl (C=O) groups is 1. The van der Waals surface area contributed by atoms with Gasteiger partial charge in [0.25, 0.3) is 0 Å². The highest BCUT2D eigenvalue weighted by Crippen LogP contribution is 2.15. The number of aryl methyl sites for hydroxylation is 1. The largest absolute Gasteiger partial charge is 0.384 e. The van der Waals surface area contributed by atoms with Crippen molar-refractivity contribution in [2.45, 2.75) is 38.2 Å². The Labute approximate surface area is 144 Å². The molecule has 1 amide bonds. The van der Waals surface area contributed by atoms with E-state index in [1.807, 2.05) is 17.0 Å². The van der Waals surface area contributed by atoms with Crippen LogP contribution < -0.4 is 5.73 Å². The Morgan fingerprint density at radius 1 is 1.29 bits per heavy atom. The van der Waals surface area contributed by atoms with Crippen molar-refractivity contribution in [1.29, 1.82) is 0 Å². The van der Waals surface area contributed by atoms with Crippen LogP contribution in [0.1, 0.15) is 31.2 Å². The Hall–Kier alpha value is -1.66. The average molecular weight is 332 g/mol. The summed E-state index contributed by atoms with van der Waals surface area (Å²) in [6, 6.07) is 3.89. The van der Waals surface area contributed by atoms with Crippen molar-refractivity contribution in [2.75, 3.05) is 45.1 Å². The number of carbonyl (C=O) groups excluding carboxylic acids is 1. The molecular weight excluding hydrogens is 304 g/mol. The van der Waals surface area contributed by atoms with Crippen LogP contribution >= 0.6 is 0 Å². The summed E-state index contributed by atoms with van der Waals surface area (Å²) in [6.07, 6.45) is 7.37. The first-order valence-electron chi connectivity index (χ1n) is 9.03. The Morgan fingerprint density at radius 3 is 2.92 bits per heavy atom. The minimum atomic E-state index is 0.110. The minimum Gasteiger partial charge on any atom is -0.384 e. The topological polar surface area (TPSA) is 71.7 Å². The molecule has 24 heavy (non-hydrogen) atoms. The molecule has 0 aromatic carbocycles. The number of hydrogen-bond acceptors (Lipinski definition) is 5. The van der Waals surface area contributed by atoms with Crippen LogP contribution in [0.5, 0.6) is 0 Å². The van der Waals surface area contributed by atoms with E-state index in [-0.39, 0.29) is 12.0 Å². The van der Waals surface area contributed by atoms with Crippen molar-refractivity contribution >= 4 is 11.7 Å². The monoisotopic (exact) mass is 332 g/mol. The van der Waals surface area contributed by atoms with Gasteiger partial charge in [-0.25, -0.2) is 4.98 Å². The number of aromatic nitrogens is 1. The number of ether oxygens (including phenoxy) is 1. The number of nitrogens with zero attached hydrogens (tertiary/aromatic N) is 3. The number of nitrogen functional groups attached to an aromatic ring is 1. The highest BCUT2D eigenvalue weighted by molar-refractivity contribution is 5.78. The number of amides is 1. The molecule has 0 spiro atoms. The van der Waals surface area contributed by atoms with Crippen LogP contribution in [0.4, 0.5) is 5.82 Å². The predicted molar refractivity (Wildman–Crippen MR) is 93.6 cm³/mol. The molecule has 1 aromatic rings. The summed E-state index contributed by atoms with van der Waals surface area (Å²) < 4.78 is 5.85. The van der Waals surface area contributed by atoms with E-state index in [4.69, 9.17) is 10.5 Å². The molecule has 2 aliphatic rings. The average Bonchev–Trinajstić information content (AvgIpc) is 2.61. The quantitative estimate of drug-likeness (QED) is 0.880. The maximum absolute atomic E-state index is 12.5. The van der Waals surface area contributed by atoms with Gasteiger partial charge in [-0.05, 0) is 56.5 Å². The van der Waals surface area contributed by atoms with Crippen molar-refractivity contribution in [2.24, 2.45) is 0 Å². The van der Waals surface area contributed by atoms with Crippen molar-refractivity contribution in [3.8, 4) is 0 Å². The molecule has 2 saturated heterocycles. The fourth-order valence-corrected chi connectivity index (χ4v) is 3.51. The van der Waals surface area contributed by atoms with E-state index in [1.165, 1.54) is 24.8 Å². The standard InChI is InChI=1S/C18H28N4O2/c19-17-12-15(6-7-20-17)4-5-16-13-22(10-11-24-16)18(23)14-21-8-2-1-3-9-21/h6-7,12,16H,1-5,8-11,13-14H2,(H2,19,20). The lowest BCUT2D eigenvalue weighted by Gasteiger charge is -2.35. The lowest BCUT2D eigenvalue weighted by molar-refractivity contribution is -0.140. The van der Waals surface area contributed by atoms with Crippen LogP contribution in [-0.2, 0) is 16.0 Å². The second-order valence-electron chi connectivity index (χ2n) is 6.80. The van der Waals surface area contributed by atoms with Crippen LogP contribution in [0.2, 0.25) is 0 Å². The number of morpholine rings is 1. The molecule has 2 N–H and O–H groups in total. The van der Waals surface area contributed by atoms with E-state index >= 15 is 0 Å². The van der Waals surface area contributed by atoms with E-state index in [0.717, 1.165) is 25.9 Å². The third kappa shape index (κ3) is 4.92. The minimum absolute atomic E-state index is 0.110. The van der Waals surface area contributed by atoms with Crippen molar-refractivity contribution in [1.82, 2.24) is 14.8 Å². The Morgan fingerprint density at radius 2 is 2.12 bits per heavy atom. The molecule has 0 bridgehead atoms. The lowest BCUT2D eigenvalue weighted by Crippen LogP contribution is -2.49. The highest BCUT2D eigenvalue weighted by atomic mass is 16.5. The zero-order valence-corrected chi connectivity index (χ0v) is 14.3. The number of likely N-dealkylation sites (tertiary alicyclic amines) is 1. The van der Waals surface area contributed by atoms with Gasteiger partial charge in [0.15, 0.2) is 0 Å². The van der Waals surface area contributed by atoms with Crippen LogP contribution in [-0.4, -0.2) is 66.1 Å². The first-order valence-corrected chi connectivity index (χ1v) is 9.03. The van der Waals surface area contributed by atoms with Crippen LogP contribution in [0.25, 0.3) is 0 Å². The molecule has 1 atom stereocenters. The number of hydrogen-bond donors (Lipinski definition) is 1. The van der Waals surface area contributed by atoms with Crippen LogP contribution in [0.15, 0.2) is 18.3 Å². The van der Waals surface area contributed by atoms with E-state index < -0.39 is 0 Å². The van der Waals surface area contributed by atoms with Crippen molar-refractivity contribution in [3.05, 3.63) is 23.9 Å². The molecule has 3 heterocycles. The first-order chi connectivity index (χ1) is 11.7. The maximum atomic E-state index is 12.5. The number of rotatable bonds is 5. The third-order valence-electron chi connectivity index (χ3n) is 4.90. The second kappa shape index (κ2) is 8.44. The van der Waals surface area contributed by atoms with Crippen LogP contribution in [0, 0.1) is 0 Å². The fraction of sp³-hybridized carbons (Fsp3) is 0.667. The smallest absolute Gasteiger partial charge is 0.236 e. The van der Waals surface area contributed by atoms with Gasteiger partial charge in [0, 0.05) is 19.3 Å². The van der Waals surface area contributed by atoms with Gasteiger partial charge in [-0.3, -0.25) is 9.69 Å². The Bertz CT molecular complexity index is 546. The van der Waals surface area contributed by atoms with Gasteiger partial charge in [0.05, 0.1) is 19.3 Å². The molecule has 1 unspecified atom stereocenters. The van der Waals surface area contributed by atoms with E-state index in [1.54, 1.807) is 6.20 Å². The molecule has 2 fully saturated rings. The van der Waals surface area contributed by atoms with E-state index in [9.17, 15) is 4.79 Å². The molecular formula is C18H28N4O2. The summed E-state index contributed by atoms with van der Waals surface area (Å²) in [5, 5.41) is 0. The second-order valence-corrected chi connectivity index (χ2v) is 6.80. The molecule has 0 radical (unpaired) electrons. The highest BCUT2D eigenvalue weighted by Gasteiger charge is 2.25. The van der Waals surface area contributed by atoms with E-state index in [0.29, 0.717) is 32.1 Å². The van der Waals surface area contributed by atoms with Gasteiger partial charge < -0.3 is 15.4 Å². The first kappa shape index (κ1) is 17.2. The molecule has 3 rings (SSSR count). The maximum Gasteiger partial charge on any atom is 0.236 e. The molecule has 6 nitrogen and oxygen atoms in total. The zero-order chi connectivity index (χ0) is 16.8. The number of nitrogens with two attached hydrogens (primary N) is 1. The van der Waals surface area contributed by atoms with Gasteiger partial charge in [-0.2, -0.15) is 0 Å². The van der Waals surface area contributed by atoms with Gasteiger partial charge >= 0.3 is 0 Å².